The number of nitrogens with one attached hydrogen (secondary N) is 1. The molecule has 166 valence electrons. The van der Waals surface area contributed by atoms with Crippen molar-refractivity contribution in [3.8, 4) is 11.5 Å². The van der Waals surface area contributed by atoms with Gasteiger partial charge in [-0.1, -0.05) is 29.1 Å². The summed E-state index contributed by atoms with van der Waals surface area (Å²) in [7, 11) is 6.88. The molecule has 0 spiro atoms. The summed E-state index contributed by atoms with van der Waals surface area (Å²) >= 11 is 1.44. The summed E-state index contributed by atoms with van der Waals surface area (Å²) in [5.74, 6) is 2.01. The van der Waals surface area contributed by atoms with E-state index in [2.05, 4.69) is 15.3 Å². The molecule has 4 aromatic rings. The van der Waals surface area contributed by atoms with Crippen LogP contribution in [-0.2, 0) is 12.3 Å². The van der Waals surface area contributed by atoms with Crippen LogP contribution in [0.3, 0.4) is 0 Å². The molecule has 0 aliphatic heterocycles. The smallest absolute Gasteiger partial charge is 0.275 e. The number of para-hydroxylation sites is 1. The predicted molar refractivity (Wildman–Crippen MR) is 125 cm³/mol. The summed E-state index contributed by atoms with van der Waals surface area (Å²) in [6.07, 6.45) is 0. The lowest BCUT2D eigenvalue weighted by Gasteiger charge is -2.16. The Bertz CT molecular complexity index is 1280. The number of ether oxygens (including phenoxy) is 2. The van der Waals surface area contributed by atoms with Crippen LogP contribution in [0, 0.1) is 0 Å². The molecule has 10 heteroatoms. The van der Waals surface area contributed by atoms with Crippen LogP contribution < -0.4 is 19.9 Å². The number of benzene rings is 2. The van der Waals surface area contributed by atoms with E-state index in [9.17, 15) is 4.79 Å². The van der Waals surface area contributed by atoms with E-state index in [4.69, 9.17) is 14.5 Å². The molecule has 0 unspecified atom stereocenters. The fourth-order valence-electron chi connectivity index (χ4n) is 3.41. The molecule has 9 nitrogen and oxygen atoms in total. The number of thioether (sulfide) groups is 1. The van der Waals surface area contributed by atoms with Crippen molar-refractivity contribution in [2.24, 2.45) is 0 Å². The van der Waals surface area contributed by atoms with Gasteiger partial charge in [0.05, 0.1) is 32.0 Å². The Morgan fingerprint density at radius 2 is 1.81 bits per heavy atom. The lowest BCUT2D eigenvalue weighted by atomic mass is 10.2. The quantitative estimate of drug-likeness (QED) is 0.322. The van der Waals surface area contributed by atoms with Gasteiger partial charge in [-0.05, 0) is 29.8 Å². The fourth-order valence-corrected chi connectivity index (χ4v) is 4.22. The van der Waals surface area contributed by atoms with Crippen molar-refractivity contribution in [2.45, 2.75) is 17.5 Å². The average Bonchev–Trinajstić information content (AvgIpc) is 3.19. The van der Waals surface area contributed by atoms with Crippen LogP contribution in [0.1, 0.15) is 11.3 Å². The topological polar surface area (TPSA) is 98.2 Å². The number of rotatable bonds is 8. The van der Waals surface area contributed by atoms with Gasteiger partial charge in [-0.15, -0.1) is 5.10 Å². The molecular formula is C22H24N6O3S. The van der Waals surface area contributed by atoms with Gasteiger partial charge in [-0.3, -0.25) is 9.78 Å². The molecule has 1 N–H and O–H groups in total. The number of H-pyrrole nitrogens is 1. The van der Waals surface area contributed by atoms with Gasteiger partial charge < -0.3 is 14.4 Å². The van der Waals surface area contributed by atoms with Crippen molar-refractivity contribution in [1.82, 2.24) is 25.0 Å². The van der Waals surface area contributed by atoms with Crippen molar-refractivity contribution in [3.05, 3.63) is 64.1 Å². The van der Waals surface area contributed by atoms with E-state index in [0.717, 1.165) is 16.6 Å². The van der Waals surface area contributed by atoms with Gasteiger partial charge in [0.2, 0.25) is 0 Å². The summed E-state index contributed by atoms with van der Waals surface area (Å²) in [6.45, 7) is 0.332. The lowest BCUT2D eigenvalue weighted by Crippen LogP contribution is -2.25. The van der Waals surface area contributed by atoms with E-state index >= 15 is 0 Å². The lowest BCUT2D eigenvalue weighted by molar-refractivity contribution is 0.393. The minimum absolute atomic E-state index is 0.199. The van der Waals surface area contributed by atoms with E-state index in [0.29, 0.717) is 40.3 Å². The van der Waals surface area contributed by atoms with E-state index in [1.165, 1.54) is 11.8 Å². The van der Waals surface area contributed by atoms with Crippen molar-refractivity contribution in [2.75, 3.05) is 33.2 Å². The molecule has 0 bridgehead atoms. The standard InChI is InChI=1S/C22H24N6O3S/c1-27(2)20-18(12-28-19-8-6-5-7-17(19)25-26-28)23-22(24-21(20)29)32-13-14-9-15(30-3)11-16(10-14)31-4/h5-11H,12-13H2,1-4H3,(H,23,24,29). The molecule has 0 atom stereocenters. The first-order chi connectivity index (χ1) is 15.5. The monoisotopic (exact) mass is 452 g/mol. The third-order valence-corrected chi connectivity index (χ3v) is 5.84. The van der Waals surface area contributed by atoms with Crippen molar-refractivity contribution < 1.29 is 9.47 Å². The zero-order valence-electron chi connectivity index (χ0n) is 18.3. The largest absolute Gasteiger partial charge is 0.497 e. The molecular weight excluding hydrogens is 428 g/mol. The molecule has 0 fully saturated rings. The summed E-state index contributed by atoms with van der Waals surface area (Å²) < 4.78 is 12.4. The average molecular weight is 453 g/mol. The number of anilines is 1. The summed E-state index contributed by atoms with van der Waals surface area (Å²) in [5.41, 5.74) is 3.60. The Kier molecular flexibility index (Phi) is 6.31. The third-order valence-electron chi connectivity index (χ3n) is 4.90. The molecule has 2 heterocycles. The SMILES string of the molecule is COc1cc(CSc2nc(Cn3nnc4ccccc43)c(N(C)C)c(=O)[nH]2)cc(OC)c1. The Balaban J connectivity index is 1.64. The first kappa shape index (κ1) is 21.7. The third kappa shape index (κ3) is 4.54. The summed E-state index contributed by atoms with van der Waals surface area (Å²) in [6, 6.07) is 13.4. The molecule has 0 aliphatic rings. The van der Waals surface area contributed by atoms with Gasteiger partial charge in [0.1, 0.15) is 22.7 Å². The van der Waals surface area contributed by atoms with E-state index < -0.39 is 0 Å². The zero-order chi connectivity index (χ0) is 22.7. The Hall–Kier alpha value is -3.53. The fraction of sp³-hybridized carbons (Fsp3) is 0.273. The van der Waals surface area contributed by atoms with Crippen molar-refractivity contribution in [1.29, 1.82) is 0 Å². The Morgan fingerprint density at radius 3 is 2.50 bits per heavy atom. The van der Waals surface area contributed by atoms with Crippen LogP contribution in [0.2, 0.25) is 0 Å². The highest BCUT2D eigenvalue weighted by Gasteiger charge is 2.16. The molecule has 32 heavy (non-hydrogen) atoms. The minimum Gasteiger partial charge on any atom is -0.497 e. The first-order valence-electron chi connectivity index (χ1n) is 9.92. The minimum atomic E-state index is -0.199. The summed E-state index contributed by atoms with van der Waals surface area (Å²) in [4.78, 5) is 22.3. The second kappa shape index (κ2) is 9.31. The molecule has 0 saturated carbocycles. The number of methoxy groups -OCH3 is 2. The van der Waals surface area contributed by atoms with Crippen LogP contribution in [0.15, 0.2) is 52.4 Å². The maximum Gasteiger partial charge on any atom is 0.275 e. The molecule has 0 amide bonds. The summed E-state index contributed by atoms with van der Waals surface area (Å²) in [5, 5.41) is 8.97. The first-order valence-corrected chi connectivity index (χ1v) is 10.9. The highest BCUT2D eigenvalue weighted by Crippen LogP contribution is 2.27. The van der Waals surface area contributed by atoms with Crippen LogP contribution in [0.25, 0.3) is 11.0 Å². The number of hydrogen-bond donors (Lipinski definition) is 1. The van der Waals surface area contributed by atoms with Crippen LogP contribution in [0.4, 0.5) is 5.69 Å². The second-order valence-corrected chi connectivity index (χ2v) is 8.27. The van der Waals surface area contributed by atoms with E-state index in [-0.39, 0.29) is 5.56 Å². The second-order valence-electron chi connectivity index (χ2n) is 7.31. The van der Waals surface area contributed by atoms with Gasteiger partial charge in [0.15, 0.2) is 5.16 Å². The van der Waals surface area contributed by atoms with E-state index in [1.807, 2.05) is 56.6 Å². The number of aromatic amines is 1. The number of fused-ring (bicyclic) bond motifs is 1. The van der Waals surface area contributed by atoms with Gasteiger partial charge in [0, 0.05) is 25.9 Å². The molecule has 0 saturated heterocycles. The van der Waals surface area contributed by atoms with Crippen LogP contribution >= 0.6 is 11.8 Å². The molecule has 4 rings (SSSR count). The van der Waals surface area contributed by atoms with Gasteiger partial charge >= 0.3 is 0 Å². The highest BCUT2D eigenvalue weighted by molar-refractivity contribution is 7.98. The Labute approximate surface area is 189 Å². The Morgan fingerprint density at radius 1 is 1.09 bits per heavy atom. The number of hydrogen-bond acceptors (Lipinski definition) is 8. The van der Waals surface area contributed by atoms with E-state index in [1.54, 1.807) is 23.8 Å². The number of nitrogens with zero attached hydrogens (tertiary/aromatic N) is 5. The van der Waals surface area contributed by atoms with Gasteiger partial charge in [-0.2, -0.15) is 0 Å². The maximum atomic E-state index is 12.9. The van der Waals surface area contributed by atoms with Crippen LogP contribution in [0.5, 0.6) is 11.5 Å². The maximum absolute atomic E-state index is 12.9. The highest BCUT2D eigenvalue weighted by atomic mass is 32.2. The molecule has 0 radical (unpaired) electrons. The normalized spacial score (nSPS) is 11.0. The van der Waals surface area contributed by atoms with Crippen LogP contribution in [-0.4, -0.2) is 53.3 Å². The van der Waals surface area contributed by atoms with Gasteiger partial charge in [0.25, 0.3) is 5.56 Å². The van der Waals surface area contributed by atoms with Gasteiger partial charge in [-0.25, -0.2) is 9.67 Å². The predicted octanol–water partition coefficient (Wildman–Crippen LogP) is 2.94. The molecule has 0 aliphatic carbocycles. The number of aromatic nitrogens is 5. The molecule has 2 aromatic heterocycles. The zero-order valence-corrected chi connectivity index (χ0v) is 19.1. The van der Waals surface area contributed by atoms with Crippen molar-refractivity contribution >= 4 is 28.5 Å². The van der Waals surface area contributed by atoms with Crippen molar-refractivity contribution in [3.63, 3.8) is 0 Å². The molecule has 2 aromatic carbocycles.